The maximum atomic E-state index is 10.7. The summed E-state index contributed by atoms with van der Waals surface area (Å²) in [6.07, 6.45) is 0.408. The van der Waals surface area contributed by atoms with Crippen molar-refractivity contribution in [3.05, 3.63) is 52.0 Å². The van der Waals surface area contributed by atoms with Crippen molar-refractivity contribution in [3.63, 3.8) is 0 Å². The smallest absolute Gasteiger partial charge is 0.303 e. The van der Waals surface area contributed by atoms with E-state index in [4.69, 9.17) is 30.9 Å². The molecule has 5 nitrogen and oxygen atoms in total. The van der Waals surface area contributed by atoms with Crippen LogP contribution in [0.5, 0.6) is 17.2 Å². The lowest BCUT2D eigenvalue weighted by atomic mass is 10.1. The van der Waals surface area contributed by atoms with Crippen LogP contribution in [-0.4, -0.2) is 31.4 Å². The highest BCUT2D eigenvalue weighted by Gasteiger charge is 2.13. The van der Waals surface area contributed by atoms with Crippen LogP contribution in [0.1, 0.15) is 23.1 Å². The molecule has 1 N–H and O–H groups in total. The van der Waals surface area contributed by atoms with Crippen LogP contribution >= 0.6 is 11.6 Å². The van der Waals surface area contributed by atoms with Crippen molar-refractivity contribution in [2.45, 2.75) is 26.7 Å². The zero-order valence-electron chi connectivity index (χ0n) is 15.2. The highest BCUT2D eigenvalue weighted by atomic mass is 35.5. The molecule has 0 heterocycles. The van der Waals surface area contributed by atoms with Gasteiger partial charge in [0.25, 0.3) is 0 Å². The van der Waals surface area contributed by atoms with Crippen molar-refractivity contribution in [2.75, 3.05) is 20.3 Å². The summed E-state index contributed by atoms with van der Waals surface area (Å²) >= 11 is 6.27. The number of ether oxygens (including phenoxy) is 3. The molecule has 0 atom stereocenters. The van der Waals surface area contributed by atoms with Gasteiger partial charge in [-0.25, -0.2) is 0 Å². The number of rotatable bonds is 9. The van der Waals surface area contributed by atoms with Crippen molar-refractivity contribution in [2.24, 2.45) is 0 Å². The summed E-state index contributed by atoms with van der Waals surface area (Å²) in [6, 6.07) is 9.37. The predicted molar refractivity (Wildman–Crippen MR) is 101 cm³/mol. The van der Waals surface area contributed by atoms with Crippen LogP contribution < -0.4 is 14.2 Å². The lowest BCUT2D eigenvalue weighted by Crippen LogP contribution is -2.10. The van der Waals surface area contributed by atoms with Gasteiger partial charge in [-0.3, -0.25) is 4.79 Å². The Morgan fingerprint density at radius 2 is 1.81 bits per heavy atom. The number of benzene rings is 2. The summed E-state index contributed by atoms with van der Waals surface area (Å²) < 4.78 is 16.7. The molecule has 0 aliphatic rings. The number of carbonyl (C=O) groups is 1. The predicted octanol–water partition coefficient (Wildman–Crippen LogP) is 4.44. The molecule has 0 unspecified atom stereocenters. The fourth-order valence-electron chi connectivity index (χ4n) is 2.42. The first-order valence-corrected chi connectivity index (χ1v) is 8.69. The minimum absolute atomic E-state index is 0.0312. The largest absolute Gasteiger partial charge is 0.493 e. The minimum atomic E-state index is -0.857. The molecule has 2 aromatic carbocycles. The Hall–Kier alpha value is -2.40. The molecule has 0 bridgehead atoms. The zero-order chi connectivity index (χ0) is 19.1. The number of methoxy groups -OCH3 is 1. The fraction of sp³-hybridized carbons (Fsp3) is 0.350. The van der Waals surface area contributed by atoms with E-state index in [1.54, 1.807) is 12.1 Å². The van der Waals surface area contributed by atoms with Crippen molar-refractivity contribution in [3.8, 4) is 17.2 Å². The second-order valence-electron chi connectivity index (χ2n) is 5.95. The highest BCUT2D eigenvalue weighted by molar-refractivity contribution is 6.32. The van der Waals surface area contributed by atoms with E-state index in [9.17, 15) is 4.79 Å². The molecule has 2 rings (SSSR count). The van der Waals surface area contributed by atoms with Gasteiger partial charge in [0.2, 0.25) is 0 Å². The van der Waals surface area contributed by atoms with Crippen molar-refractivity contribution >= 4 is 17.6 Å². The van der Waals surface area contributed by atoms with E-state index in [0.717, 1.165) is 11.3 Å². The first-order chi connectivity index (χ1) is 12.4. The molecule has 0 saturated carbocycles. The van der Waals surface area contributed by atoms with E-state index >= 15 is 0 Å². The van der Waals surface area contributed by atoms with Gasteiger partial charge in [-0.15, -0.1) is 0 Å². The number of aliphatic carboxylic acids is 1. The molecule has 0 aliphatic carbocycles. The molecule has 0 fully saturated rings. The second kappa shape index (κ2) is 9.34. The Labute approximate surface area is 158 Å². The summed E-state index contributed by atoms with van der Waals surface area (Å²) in [5.74, 6) is 0.837. The Balaban J connectivity index is 1.95. The summed E-state index contributed by atoms with van der Waals surface area (Å²) in [7, 11) is 1.52. The van der Waals surface area contributed by atoms with Gasteiger partial charge in [0.05, 0.1) is 12.1 Å². The molecule has 26 heavy (non-hydrogen) atoms. The number of halogens is 1. The Morgan fingerprint density at radius 3 is 2.46 bits per heavy atom. The van der Waals surface area contributed by atoms with E-state index in [2.05, 4.69) is 6.92 Å². The van der Waals surface area contributed by atoms with Crippen LogP contribution in [-0.2, 0) is 11.2 Å². The molecular weight excluding hydrogens is 356 g/mol. The Kier molecular flexibility index (Phi) is 7.16. The third-order valence-corrected chi connectivity index (χ3v) is 4.27. The Bertz CT molecular complexity index is 773. The van der Waals surface area contributed by atoms with Gasteiger partial charge in [-0.2, -0.15) is 0 Å². The van der Waals surface area contributed by atoms with Crippen LogP contribution in [0.15, 0.2) is 30.3 Å². The lowest BCUT2D eigenvalue weighted by Gasteiger charge is -2.15. The quantitative estimate of drug-likeness (QED) is 0.653. The van der Waals surface area contributed by atoms with Crippen LogP contribution in [0.25, 0.3) is 0 Å². The molecule has 0 spiro atoms. The average molecular weight is 379 g/mol. The molecule has 0 saturated heterocycles. The molecule has 0 aliphatic heterocycles. The van der Waals surface area contributed by atoms with Crippen LogP contribution in [0.2, 0.25) is 5.02 Å². The molecule has 140 valence electrons. The van der Waals surface area contributed by atoms with E-state index in [-0.39, 0.29) is 6.42 Å². The summed E-state index contributed by atoms with van der Waals surface area (Å²) in [6.45, 7) is 4.76. The summed E-state index contributed by atoms with van der Waals surface area (Å²) in [5.41, 5.74) is 3.17. The fourth-order valence-corrected chi connectivity index (χ4v) is 2.70. The lowest BCUT2D eigenvalue weighted by molar-refractivity contribution is -0.136. The number of carboxylic acids is 1. The number of aryl methyl sites for hydroxylation is 3. The van der Waals surface area contributed by atoms with Crippen LogP contribution in [0.3, 0.4) is 0 Å². The Morgan fingerprint density at radius 1 is 1.08 bits per heavy atom. The monoisotopic (exact) mass is 378 g/mol. The standard InChI is InChI=1S/C20H23ClO5/c1-13-4-6-16(10-14(13)2)25-8-9-26-20-17(21)11-15(5-7-19(22)23)12-18(20)24-3/h4,6,10-12H,5,7-9H2,1-3H3,(H,22,23). The number of carboxylic acid groups (broad SMARTS) is 1. The number of hydrogen-bond donors (Lipinski definition) is 1. The van der Waals surface area contributed by atoms with Crippen LogP contribution in [0.4, 0.5) is 0 Å². The van der Waals surface area contributed by atoms with Gasteiger partial charge in [0.1, 0.15) is 19.0 Å². The van der Waals surface area contributed by atoms with Gasteiger partial charge in [-0.1, -0.05) is 17.7 Å². The first-order valence-electron chi connectivity index (χ1n) is 8.31. The maximum absolute atomic E-state index is 10.7. The topological polar surface area (TPSA) is 65.0 Å². The van der Waals surface area contributed by atoms with E-state index in [1.165, 1.54) is 18.2 Å². The van der Waals surface area contributed by atoms with E-state index in [0.29, 0.717) is 36.2 Å². The normalized spacial score (nSPS) is 10.5. The maximum Gasteiger partial charge on any atom is 0.303 e. The molecule has 0 aromatic heterocycles. The van der Waals surface area contributed by atoms with Gasteiger partial charge in [0, 0.05) is 6.42 Å². The molecule has 0 radical (unpaired) electrons. The van der Waals surface area contributed by atoms with Gasteiger partial charge in [-0.05, 0) is 61.2 Å². The molecule has 2 aromatic rings. The SMILES string of the molecule is COc1cc(CCC(=O)O)cc(Cl)c1OCCOc1ccc(C)c(C)c1. The van der Waals surface area contributed by atoms with E-state index < -0.39 is 5.97 Å². The summed E-state index contributed by atoms with van der Waals surface area (Å²) in [5, 5.41) is 9.18. The third-order valence-electron chi connectivity index (χ3n) is 3.99. The number of hydrogen-bond acceptors (Lipinski definition) is 4. The molecule has 6 heteroatoms. The van der Waals surface area contributed by atoms with Gasteiger partial charge >= 0.3 is 5.97 Å². The van der Waals surface area contributed by atoms with Crippen molar-refractivity contribution in [1.29, 1.82) is 0 Å². The molecule has 0 amide bonds. The highest BCUT2D eigenvalue weighted by Crippen LogP contribution is 2.36. The van der Waals surface area contributed by atoms with Gasteiger partial charge in [0.15, 0.2) is 11.5 Å². The first kappa shape index (κ1) is 19.9. The second-order valence-corrected chi connectivity index (χ2v) is 6.35. The van der Waals surface area contributed by atoms with E-state index in [1.807, 2.05) is 25.1 Å². The van der Waals surface area contributed by atoms with Crippen LogP contribution in [0, 0.1) is 13.8 Å². The summed E-state index contributed by atoms with van der Waals surface area (Å²) in [4.78, 5) is 10.7. The average Bonchev–Trinajstić information content (AvgIpc) is 2.60. The third kappa shape index (κ3) is 5.56. The van der Waals surface area contributed by atoms with Crippen molar-refractivity contribution in [1.82, 2.24) is 0 Å². The molecular formula is C20H23ClO5. The van der Waals surface area contributed by atoms with Gasteiger partial charge < -0.3 is 19.3 Å². The zero-order valence-corrected chi connectivity index (χ0v) is 15.9. The minimum Gasteiger partial charge on any atom is -0.493 e. The van der Waals surface area contributed by atoms with Crippen molar-refractivity contribution < 1.29 is 24.1 Å².